The van der Waals surface area contributed by atoms with Crippen LogP contribution in [0, 0.1) is 0 Å². The second-order valence-electron chi connectivity index (χ2n) is 4.28. The lowest BCUT2D eigenvalue weighted by Gasteiger charge is -2.07. The summed E-state index contributed by atoms with van der Waals surface area (Å²) in [7, 11) is 0. The van der Waals surface area contributed by atoms with E-state index in [1.807, 2.05) is 20.8 Å². The molecule has 0 aliphatic heterocycles. The molecule has 0 amide bonds. The molecule has 0 aromatic heterocycles. The molecule has 0 aromatic carbocycles. The van der Waals surface area contributed by atoms with Crippen LogP contribution >= 0.6 is 0 Å². The monoisotopic (exact) mass is 323 g/mol. The van der Waals surface area contributed by atoms with Gasteiger partial charge in [0, 0.05) is 20.8 Å². The predicted molar refractivity (Wildman–Crippen MR) is 90.3 cm³/mol. The predicted octanol–water partition coefficient (Wildman–Crippen LogP) is 2.04. The lowest BCUT2D eigenvalue weighted by atomic mass is 10.2. The van der Waals surface area contributed by atoms with Crippen LogP contribution in [0.25, 0.3) is 0 Å². The second-order valence-corrected chi connectivity index (χ2v) is 4.28. The van der Waals surface area contributed by atoms with Gasteiger partial charge in [-0.2, -0.15) is 0 Å². The molecule has 2 N–H and O–H groups in total. The van der Waals surface area contributed by atoms with Gasteiger partial charge in [-0.3, -0.25) is 4.79 Å². The summed E-state index contributed by atoms with van der Waals surface area (Å²) in [6.07, 6.45) is 2.05. The molecule has 22 heavy (non-hydrogen) atoms. The standard InChI is InChI=1S/C14H29NO5.C2H6.H2/c1-2-3-14(16)4-6-17-8-10-19-12-13-20-11-9-18-7-5-15;1-2;/h2-13,15H2,1H3;1-2H3;1H. The summed E-state index contributed by atoms with van der Waals surface area (Å²) in [5, 5.41) is 0. The Balaban J connectivity index is -0.00000128. The zero-order valence-electron chi connectivity index (χ0n) is 14.6. The van der Waals surface area contributed by atoms with E-state index in [4.69, 9.17) is 24.7 Å². The Bertz CT molecular complexity index is 221. The maximum atomic E-state index is 11.2. The average Bonchev–Trinajstić information content (AvgIpc) is 2.54. The molecule has 0 radical (unpaired) electrons. The summed E-state index contributed by atoms with van der Waals surface area (Å²) in [5.41, 5.74) is 5.27. The summed E-state index contributed by atoms with van der Waals surface area (Å²) in [6.45, 7) is 10.8. The Morgan fingerprint density at radius 1 is 0.773 bits per heavy atom. The number of ether oxygens (including phenoxy) is 4. The number of nitrogens with two attached hydrogens (primary N) is 1. The van der Waals surface area contributed by atoms with Crippen molar-refractivity contribution in [3.63, 3.8) is 0 Å². The zero-order chi connectivity index (χ0) is 16.9. The molecule has 0 fully saturated rings. The fraction of sp³-hybridized carbons (Fsp3) is 0.938. The highest BCUT2D eigenvalue weighted by Gasteiger charge is 1.99. The molecular formula is C16H37NO5. The summed E-state index contributed by atoms with van der Waals surface area (Å²) < 4.78 is 21.1. The number of hydrogen-bond donors (Lipinski definition) is 1. The van der Waals surface area contributed by atoms with Gasteiger partial charge in [0.25, 0.3) is 0 Å². The van der Waals surface area contributed by atoms with Crippen LogP contribution in [0.4, 0.5) is 0 Å². The number of rotatable bonds is 16. The molecule has 0 rings (SSSR count). The van der Waals surface area contributed by atoms with Crippen molar-refractivity contribution in [1.82, 2.24) is 0 Å². The summed E-state index contributed by atoms with van der Waals surface area (Å²) >= 11 is 0. The summed E-state index contributed by atoms with van der Waals surface area (Å²) in [5.74, 6) is 0.263. The van der Waals surface area contributed by atoms with Gasteiger partial charge >= 0.3 is 0 Å². The van der Waals surface area contributed by atoms with Crippen molar-refractivity contribution in [1.29, 1.82) is 0 Å². The Morgan fingerprint density at radius 3 is 1.59 bits per heavy atom. The average molecular weight is 323 g/mol. The molecule has 0 aromatic rings. The third-order valence-corrected chi connectivity index (χ3v) is 2.43. The van der Waals surface area contributed by atoms with Crippen LogP contribution in [-0.4, -0.2) is 65.2 Å². The SMILES string of the molecule is CC.CCCC(=O)CCOCCOCCOCCOCCN.[HH]. The Kier molecular flexibility index (Phi) is 24.5. The minimum absolute atomic E-state index is 0. The van der Waals surface area contributed by atoms with Crippen molar-refractivity contribution in [2.75, 3.05) is 59.4 Å². The normalized spacial score (nSPS) is 10.2. The van der Waals surface area contributed by atoms with Gasteiger partial charge in [-0.15, -0.1) is 0 Å². The van der Waals surface area contributed by atoms with Crippen molar-refractivity contribution in [3.8, 4) is 0 Å². The molecule has 0 saturated carbocycles. The van der Waals surface area contributed by atoms with Crippen molar-refractivity contribution < 1.29 is 25.2 Å². The van der Waals surface area contributed by atoms with Crippen molar-refractivity contribution in [2.45, 2.75) is 40.0 Å². The Hall–Kier alpha value is -0.530. The third-order valence-electron chi connectivity index (χ3n) is 2.43. The number of carbonyl (C=O) groups excluding carboxylic acids is 1. The second kappa shape index (κ2) is 22.7. The zero-order valence-corrected chi connectivity index (χ0v) is 14.6. The van der Waals surface area contributed by atoms with E-state index in [0.717, 1.165) is 6.42 Å². The summed E-state index contributed by atoms with van der Waals surface area (Å²) in [6, 6.07) is 0. The van der Waals surface area contributed by atoms with Gasteiger partial charge in [0.2, 0.25) is 0 Å². The smallest absolute Gasteiger partial charge is 0.135 e. The lowest BCUT2D eigenvalue weighted by Crippen LogP contribution is -2.14. The molecular weight excluding hydrogens is 286 g/mol. The quantitative estimate of drug-likeness (QED) is 0.438. The van der Waals surface area contributed by atoms with E-state index in [9.17, 15) is 4.79 Å². The first-order chi connectivity index (χ1) is 10.8. The highest BCUT2D eigenvalue weighted by molar-refractivity contribution is 5.78. The molecule has 0 atom stereocenters. The lowest BCUT2D eigenvalue weighted by molar-refractivity contribution is -0.120. The number of carbonyl (C=O) groups is 1. The van der Waals surface area contributed by atoms with Gasteiger partial charge in [-0.25, -0.2) is 0 Å². The van der Waals surface area contributed by atoms with Crippen molar-refractivity contribution >= 4 is 5.78 Å². The van der Waals surface area contributed by atoms with Gasteiger partial charge in [0.1, 0.15) is 5.78 Å². The first-order valence-corrected chi connectivity index (χ1v) is 8.34. The number of ketones is 1. The van der Waals surface area contributed by atoms with Crippen LogP contribution < -0.4 is 5.73 Å². The fourth-order valence-electron chi connectivity index (χ4n) is 1.43. The van der Waals surface area contributed by atoms with E-state index in [1.54, 1.807) is 0 Å². The summed E-state index contributed by atoms with van der Waals surface area (Å²) in [4.78, 5) is 11.2. The van der Waals surface area contributed by atoms with Gasteiger partial charge in [0.15, 0.2) is 0 Å². The number of hydrogen-bond acceptors (Lipinski definition) is 6. The van der Waals surface area contributed by atoms with Gasteiger partial charge in [-0.05, 0) is 6.42 Å². The van der Waals surface area contributed by atoms with E-state index >= 15 is 0 Å². The van der Waals surface area contributed by atoms with Crippen LogP contribution in [-0.2, 0) is 23.7 Å². The molecule has 0 aliphatic carbocycles. The molecule has 0 saturated heterocycles. The minimum atomic E-state index is 0. The largest absolute Gasteiger partial charge is 0.379 e. The van der Waals surface area contributed by atoms with Crippen molar-refractivity contribution in [2.24, 2.45) is 5.73 Å². The van der Waals surface area contributed by atoms with E-state index in [1.165, 1.54) is 0 Å². The highest BCUT2D eigenvalue weighted by Crippen LogP contribution is 1.94. The van der Waals surface area contributed by atoms with E-state index in [0.29, 0.717) is 72.2 Å². The first-order valence-electron chi connectivity index (χ1n) is 8.34. The topological polar surface area (TPSA) is 80.0 Å². The molecule has 6 heteroatoms. The van der Waals surface area contributed by atoms with Crippen LogP contribution in [0.3, 0.4) is 0 Å². The van der Waals surface area contributed by atoms with E-state index in [-0.39, 0.29) is 7.21 Å². The molecule has 0 heterocycles. The fourth-order valence-corrected chi connectivity index (χ4v) is 1.43. The molecule has 0 spiro atoms. The van der Waals surface area contributed by atoms with Crippen LogP contribution in [0.2, 0.25) is 0 Å². The van der Waals surface area contributed by atoms with Gasteiger partial charge in [0.05, 0.1) is 52.9 Å². The molecule has 0 aliphatic rings. The van der Waals surface area contributed by atoms with Crippen LogP contribution in [0.15, 0.2) is 0 Å². The third kappa shape index (κ3) is 21.8. The maximum absolute atomic E-state index is 11.2. The van der Waals surface area contributed by atoms with Gasteiger partial charge < -0.3 is 24.7 Å². The van der Waals surface area contributed by atoms with Gasteiger partial charge in [-0.1, -0.05) is 20.8 Å². The van der Waals surface area contributed by atoms with Crippen molar-refractivity contribution in [3.05, 3.63) is 0 Å². The van der Waals surface area contributed by atoms with Crippen LogP contribution in [0.1, 0.15) is 41.5 Å². The highest BCUT2D eigenvalue weighted by atomic mass is 16.6. The molecule has 6 nitrogen and oxygen atoms in total. The van der Waals surface area contributed by atoms with Crippen LogP contribution in [0.5, 0.6) is 0 Å². The number of Topliss-reactive ketones (excluding diaryl/α,β-unsaturated/α-hetero) is 1. The Labute approximate surface area is 137 Å². The Morgan fingerprint density at radius 2 is 1.18 bits per heavy atom. The molecule has 0 unspecified atom stereocenters. The molecule has 136 valence electrons. The first kappa shape index (κ1) is 23.7. The molecule has 0 bridgehead atoms. The maximum Gasteiger partial charge on any atom is 0.135 e. The minimum Gasteiger partial charge on any atom is -0.379 e. The van der Waals surface area contributed by atoms with E-state index in [2.05, 4.69) is 0 Å². The van der Waals surface area contributed by atoms with E-state index < -0.39 is 0 Å².